The lowest BCUT2D eigenvalue weighted by Crippen LogP contribution is -2.41. The van der Waals surface area contributed by atoms with Gasteiger partial charge in [-0.15, -0.1) is 0 Å². The third kappa shape index (κ3) is 4.74. The molecule has 0 saturated heterocycles. The fourth-order valence-electron chi connectivity index (χ4n) is 1.77. The van der Waals surface area contributed by atoms with Gasteiger partial charge in [-0.1, -0.05) is 6.07 Å². The van der Waals surface area contributed by atoms with Crippen molar-refractivity contribution < 1.29 is 21.6 Å². The summed E-state index contributed by atoms with van der Waals surface area (Å²) in [5.41, 5.74) is 0.948. The van der Waals surface area contributed by atoms with Crippen molar-refractivity contribution in [2.75, 3.05) is 40.1 Å². The number of aryl methyl sites for hydroxylation is 1. The zero-order valence-corrected chi connectivity index (χ0v) is 15.8. The molecular weight excluding hydrogens is 356 g/mol. The van der Waals surface area contributed by atoms with Gasteiger partial charge in [-0.2, -0.15) is 17.0 Å². The van der Waals surface area contributed by atoms with E-state index in [2.05, 4.69) is 10.0 Å². The molecule has 1 aromatic rings. The Balaban J connectivity index is 2.98. The number of sulfonamides is 1. The number of amides is 1. The quantitative estimate of drug-likeness (QED) is 0.668. The lowest BCUT2D eigenvalue weighted by atomic mass is 10.2. The van der Waals surface area contributed by atoms with E-state index in [0.717, 1.165) is 8.61 Å². The van der Waals surface area contributed by atoms with Crippen molar-refractivity contribution in [1.29, 1.82) is 0 Å². The number of anilines is 1. The number of carbonyl (C=O) groups is 1. The first-order valence-electron chi connectivity index (χ1n) is 6.89. The van der Waals surface area contributed by atoms with E-state index in [1.165, 1.54) is 40.3 Å². The average Bonchev–Trinajstić information content (AvgIpc) is 2.48. The van der Waals surface area contributed by atoms with Gasteiger partial charge < -0.3 is 5.32 Å². The molecule has 9 nitrogen and oxygen atoms in total. The van der Waals surface area contributed by atoms with Gasteiger partial charge in [-0.25, -0.2) is 13.1 Å². The van der Waals surface area contributed by atoms with E-state index in [9.17, 15) is 21.6 Å². The number of likely N-dealkylation sites (N-methyl/N-ethyl adjacent to an activating group) is 1. The first-order valence-corrected chi connectivity index (χ1v) is 9.77. The minimum Gasteiger partial charge on any atom is -0.325 e. The highest BCUT2D eigenvalue weighted by molar-refractivity contribution is 7.89. The number of nitrogens with zero attached hydrogens (tertiary/aromatic N) is 2. The van der Waals surface area contributed by atoms with E-state index in [-0.39, 0.29) is 4.90 Å². The number of carbonyl (C=O) groups excluding carboxylic acids is 1. The van der Waals surface area contributed by atoms with Gasteiger partial charge in [0.2, 0.25) is 15.9 Å². The maximum absolute atomic E-state index is 12.1. The maximum atomic E-state index is 12.1. The number of rotatable bonds is 7. The van der Waals surface area contributed by atoms with Crippen LogP contribution in [-0.2, 0) is 25.0 Å². The first kappa shape index (κ1) is 20.5. The third-order valence-corrected chi connectivity index (χ3v) is 6.54. The summed E-state index contributed by atoms with van der Waals surface area (Å²) in [6.45, 7) is 1.30. The Morgan fingerprint density at radius 1 is 1.12 bits per heavy atom. The molecule has 1 amide bonds. The van der Waals surface area contributed by atoms with E-state index >= 15 is 0 Å². The van der Waals surface area contributed by atoms with Crippen LogP contribution in [0.3, 0.4) is 0 Å². The van der Waals surface area contributed by atoms with Crippen LogP contribution >= 0.6 is 0 Å². The molecule has 0 aromatic heterocycles. The van der Waals surface area contributed by atoms with E-state index in [4.69, 9.17) is 0 Å². The predicted molar refractivity (Wildman–Crippen MR) is 91.3 cm³/mol. The van der Waals surface area contributed by atoms with Gasteiger partial charge in [0.15, 0.2) is 0 Å². The van der Waals surface area contributed by atoms with Crippen molar-refractivity contribution in [3.63, 3.8) is 0 Å². The van der Waals surface area contributed by atoms with E-state index < -0.39 is 32.7 Å². The Morgan fingerprint density at radius 3 is 2.21 bits per heavy atom. The van der Waals surface area contributed by atoms with Crippen LogP contribution in [0.4, 0.5) is 5.69 Å². The minimum absolute atomic E-state index is 0.000155. The van der Waals surface area contributed by atoms with E-state index in [1.807, 2.05) is 0 Å². The summed E-state index contributed by atoms with van der Waals surface area (Å²) < 4.78 is 51.5. The van der Waals surface area contributed by atoms with Crippen LogP contribution in [0.1, 0.15) is 5.56 Å². The number of benzene rings is 1. The van der Waals surface area contributed by atoms with Crippen LogP contribution in [0, 0.1) is 6.92 Å². The van der Waals surface area contributed by atoms with Crippen molar-refractivity contribution in [2.45, 2.75) is 11.8 Å². The molecule has 2 N–H and O–H groups in total. The molecule has 136 valence electrons. The molecule has 0 unspecified atom stereocenters. The highest BCUT2D eigenvalue weighted by Gasteiger charge is 2.23. The predicted octanol–water partition coefficient (Wildman–Crippen LogP) is -0.420. The molecular formula is C13H22N4O5S2. The molecule has 0 bridgehead atoms. The molecule has 0 heterocycles. The molecule has 0 atom stereocenters. The summed E-state index contributed by atoms with van der Waals surface area (Å²) >= 11 is 0. The average molecular weight is 378 g/mol. The van der Waals surface area contributed by atoms with Crippen LogP contribution in [0.25, 0.3) is 0 Å². The summed E-state index contributed by atoms with van der Waals surface area (Å²) in [7, 11) is -2.07. The SMILES string of the molecule is CNS(=O)(=O)c1ccc(C)c(NC(=O)CN(C)S(=O)(=O)N(C)C)c1. The summed E-state index contributed by atoms with van der Waals surface area (Å²) in [5, 5.41) is 2.53. The molecule has 0 aliphatic rings. The van der Waals surface area contributed by atoms with Crippen molar-refractivity contribution in [3.05, 3.63) is 23.8 Å². The fraction of sp³-hybridized carbons (Fsp3) is 0.462. The normalized spacial score (nSPS) is 12.6. The molecule has 24 heavy (non-hydrogen) atoms. The van der Waals surface area contributed by atoms with E-state index in [1.54, 1.807) is 13.0 Å². The molecule has 1 rings (SSSR count). The third-order valence-electron chi connectivity index (χ3n) is 3.28. The Morgan fingerprint density at radius 2 is 1.71 bits per heavy atom. The Hall–Kier alpha value is -1.53. The van der Waals surface area contributed by atoms with Gasteiger partial charge >= 0.3 is 0 Å². The summed E-state index contributed by atoms with van der Waals surface area (Å²) in [6, 6.07) is 4.29. The van der Waals surface area contributed by atoms with Gasteiger partial charge in [0.25, 0.3) is 10.2 Å². The second-order valence-electron chi connectivity index (χ2n) is 5.28. The molecule has 1 aromatic carbocycles. The highest BCUT2D eigenvalue weighted by Crippen LogP contribution is 2.20. The van der Waals surface area contributed by atoms with Crippen LogP contribution < -0.4 is 10.0 Å². The zero-order valence-electron chi connectivity index (χ0n) is 14.2. The molecule has 11 heteroatoms. The monoisotopic (exact) mass is 378 g/mol. The molecule has 0 saturated carbocycles. The Kier molecular flexibility index (Phi) is 6.47. The maximum Gasteiger partial charge on any atom is 0.281 e. The summed E-state index contributed by atoms with van der Waals surface area (Å²) in [5.74, 6) is -0.579. The minimum atomic E-state index is -3.71. The van der Waals surface area contributed by atoms with Crippen molar-refractivity contribution in [1.82, 2.24) is 13.3 Å². The zero-order chi connectivity index (χ0) is 18.7. The van der Waals surface area contributed by atoms with Crippen LogP contribution in [0.5, 0.6) is 0 Å². The first-order chi connectivity index (χ1) is 10.9. The van der Waals surface area contributed by atoms with Crippen molar-refractivity contribution in [3.8, 4) is 0 Å². The molecule has 0 spiro atoms. The van der Waals surface area contributed by atoms with Gasteiger partial charge in [0.1, 0.15) is 0 Å². The number of hydrogen-bond donors (Lipinski definition) is 2. The van der Waals surface area contributed by atoms with Crippen LogP contribution in [0.2, 0.25) is 0 Å². The standard InChI is InChI=1S/C13H22N4O5S2/c1-10-6-7-11(23(19,20)14-2)8-12(10)15-13(18)9-17(5)24(21,22)16(3)4/h6-8,14H,9H2,1-5H3,(H,15,18). The van der Waals surface area contributed by atoms with Gasteiger partial charge in [-0.05, 0) is 31.7 Å². The van der Waals surface area contributed by atoms with Gasteiger partial charge in [0.05, 0.1) is 11.4 Å². The molecule has 0 aliphatic carbocycles. The molecule has 0 aliphatic heterocycles. The van der Waals surface area contributed by atoms with Crippen LogP contribution in [0.15, 0.2) is 23.1 Å². The topological polar surface area (TPSA) is 116 Å². The molecule has 0 radical (unpaired) electrons. The Labute approximate surface area is 142 Å². The summed E-state index contributed by atoms with van der Waals surface area (Å²) in [6.07, 6.45) is 0. The van der Waals surface area contributed by atoms with Crippen LogP contribution in [-0.4, -0.2) is 66.1 Å². The smallest absolute Gasteiger partial charge is 0.281 e. The summed E-state index contributed by atoms with van der Waals surface area (Å²) in [4.78, 5) is 12.1. The number of nitrogens with one attached hydrogen (secondary N) is 2. The lowest BCUT2D eigenvalue weighted by molar-refractivity contribution is -0.116. The van der Waals surface area contributed by atoms with Gasteiger partial charge in [-0.3, -0.25) is 4.79 Å². The Bertz CT molecular complexity index is 819. The largest absolute Gasteiger partial charge is 0.325 e. The molecule has 0 fully saturated rings. The second-order valence-corrected chi connectivity index (χ2v) is 9.41. The highest BCUT2D eigenvalue weighted by atomic mass is 32.2. The fourth-order valence-corrected chi connectivity index (χ4v) is 3.37. The van der Waals surface area contributed by atoms with Gasteiger partial charge in [0, 0.05) is 26.8 Å². The van der Waals surface area contributed by atoms with Crippen molar-refractivity contribution in [2.24, 2.45) is 0 Å². The number of hydrogen-bond acceptors (Lipinski definition) is 5. The van der Waals surface area contributed by atoms with Crippen molar-refractivity contribution >= 4 is 31.8 Å². The van der Waals surface area contributed by atoms with E-state index in [0.29, 0.717) is 11.3 Å². The lowest BCUT2D eigenvalue weighted by Gasteiger charge is -2.21. The second kappa shape index (κ2) is 7.57.